The first-order valence-electron chi connectivity index (χ1n) is 6.98. The lowest BCUT2D eigenvalue weighted by Crippen LogP contribution is -2.14. The molecule has 0 radical (unpaired) electrons. The van der Waals surface area contributed by atoms with E-state index in [0.717, 1.165) is 25.7 Å². The molecule has 0 aromatic carbocycles. The lowest BCUT2D eigenvalue weighted by Gasteiger charge is -2.14. The Kier molecular flexibility index (Phi) is 7.20. The summed E-state index contributed by atoms with van der Waals surface area (Å²) in [7, 11) is 0. The third-order valence-electron chi connectivity index (χ3n) is 3.63. The second kappa shape index (κ2) is 8.55. The van der Waals surface area contributed by atoms with Crippen LogP contribution in [0.2, 0.25) is 0 Å². The Labute approximate surface area is 100 Å². The zero-order valence-electron chi connectivity index (χ0n) is 10.5. The van der Waals surface area contributed by atoms with Crippen LogP contribution in [0.5, 0.6) is 0 Å². The number of hydrogen-bond donors (Lipinski definition) is 0. The Balaban J connectivity index is 2.39. The molecule has 1 unspecified atom stereocenters. The van der Waals surface area contributed by atoms with Crippen LogP contribution in [0.15, 0.2) is 12.7 Å². The van der Waals surface area contributed by atoms with Crippen molar-refractivity contribution in [2.24, 2.45) is 5.92 Å². The smallest absolute Gasteiger partial charge is 0.136 e. The standard InChI is InChI=1S/C15H26O/c1-2-11-14-12-9-7-5-3-4-6-8-10-13-15(14)16/h2,14H,1,3-13H2. The van der Waals surface area contributed by atoms with E-state index < -0.39 is 0 Å². The molecule has 0 aromatic rings. The Hall–Kier alpha value is -0.590. The summed E-state index contributed by atoms with van der Waals surface area (Å²) in [5.41, 5.74) is 0. The minimum Gasteiger partial charge on any atom is -0.299 e. The van der Waals surface area contributed by atoms with Crippen molar-refractivity contribution < 1.29 is 4.79 Å². The maximum Gasteiger partial charge on any atom is 0.136 e. The first-order chi connectivity index (χ1) is 7.84. The van der Waals surface area contributed by atoms with Crippen LogP contribution in [0, 0.1) is 5.92 Å². The molecule has 0 aliphatic heterocycles. The van der Waals surface area contributed by atoms with E-state index in [1.807, 2.05) is 6.08 Å². The number of carbonyl (C=O) groups excluding carboxylic acids is 1. The van der Waals surface area contributed by atoms with Crippen LogP contribution in [0.25, 0.3) is 0 Å². The molecule has 0 aromatic heterocycles. The van der Waals surface area contributed by atoms with E-state index in [2.05, 4.69) is 6.58 Å². The molecule has 0 saturated heterocycles. The van der Waals surface area contributed by atoms with Gasteiger partial charge in [0, 0.05) is 12.3 Å². The predicted molar refractivity (Wildman–Crippen MR) is 69.5 cm³/mol. The lowest BCUT2D eigenvalue weighted by molar-refractivity contribution is -0.123. The minimum atomic E-state index is 0.275. The first-order valence-corrected chi connectivity index (χ1v) is 6.98. The van der Waals surface area contributed by atoms with E-state index in [0.29, 0.717) is 5.78 Å². The highest BCUT2D eigenvalue weighted by atomic mass is 16.1. The molecule has 1 heteroatoms. The maximum atomic E-state index is 12.0. The Bertz CT molecular complexity index is 207. The number of ketones is 1. The molecular weight excluding hydrogens is 196 g/mol. The van der Waals surface area contributed by atoms with Crippen molar-refractivity contribution >= 4 is 5.78 Å². The van der Waals surface area contributed by atoms with Gasteiger partial charge in [-0.05, 0) is 19.3 Å². The molecular formula is C15H26O. The SMILES string of the molecule is C=CCC1CCCCCCCCCCC1=O. The van der Waals surface area contributed by atoms with E-state index in [4.69, 9.17) is 0 Å². The molecule has 0 N–H and O–H groups in total. The van der Waals surface area contributed by atoms with E-state index in [1.165, 1.54) is 44.9 Å². The molecule has 0 heterocycles. The molecule has 1 nitrogen and oxygen atoms in total. The van der Waals surface area contributed by atoms with Gasteiger partial charge in [-0.15, -0.1) is 6.58 Å². The van der Waals surface area contributed by atoms with Crippen molar-refractivity contribution in [2.75, 3.05) is 0 Å². The Morgan fingerprint density at radius 3 is 2.19 bits per heavy atom. The molecule has 1 aliphatic carbocycles. The summed E-state index contributed by atoms with van der Waals surface area (Å²) in [6.45, 7) is 3.77. The topological polar surface area (TPSA) is 17.1 Å². The van der Waals surface area contributed by atoms with Crippen molar-refractivity contribution in [3.63, 3.8) is 0 Å². The molecule has 1 aliphatic rings. The van der Waals surface area contributed by atoms with Crippen LogP contribution in [0.4, 0.5) is 0 Å². The van der Waals surface area contributed by atoms with Crippen LogP contribution >= 0.6 is 0 Å². The average molecular weight is 222 g/mol. The van der Waals surface area contributed by atoms with Gasteiger partial charge in [-0.3, -0.25) is 4.79 Å². The van der Waals surface area contributed by atoms with E-state index >= 15 is 0 Å². The van der Waals surface area contributed by atoms with Gasteiger partial charge in [0.15, 0.2) is 0 Å². The average Bonchev–Trinajstić information content (AvgIpc) is 2.28. The monoisotopic (exact) mass is 222 g/mol. The number of carbonyl (C=O) groups is 1. The molecule has 1 fully saturated rings. The van der Waals surface area contributed by atoms with Crippen LogP contribution in [0.1, 0.15) is 70.6 Å². The van der Waals surface area contributed by atoms with Gasteiger partial charge in [-0.25, -0.2) is 0 Å². The van der Waals surface area contributed by atoms with Crippen LogP contribution in [0.3, 0.4) is 0 Å². The fraction of sp³-hybridized carbons (Fsp3) is 0.800. The largest absolute Gasteiger partial charge is 0.299 e. The highest BCUT2D eigenvalue weighted by Crippen LogP contribution is 2.21. The summed E-state index contributed by atoms with van der Waals surface area (Å²) >= 11 is 0. The normalized spacial score (nSPS) is 25.5. The zero-order valence-corrected chi connectivity index (χ0v) is 10.5. The van der Waals surface area contributed by atoms with Crippen LogP contribution in [-0.2, 0) is 4.79 Å². The van der Waals surface area contributed by atoms with Gasteiger partial charge in [0.1, 0.15) is 5.78 Å². The van der Waals surface area contributed by atoms with Crippen molar-refractivity contribution in [3.05, 3.63) is 12.7 Å². The van der Waals surface area contributed by atoms with E-state index in [-0.39, 0.29) is 5.92 Å². The number of hydrogen-bond acceptors (Lipinski definition) is 1. The van der Waals surface area contributed by atoms with Gasteiger partial charge >= 0.3 is 0 Å². The fourth-order valence-electron chi connectivity index (χ4n) is 2.57. The molecule has 0 spiro atoms. The summed E-state index contributed by atoms with van der Waals surface area (Å²) in [5.74, 6) is 0.761. The van der Waals surface area contributed by atoms with Crippen molar-refractivity contribution in [1.29, 1.82) is 0 Å². The first kappa shape index (κ1) is 13.5. The second-order valence-electron chi connectivity index (χ2n) is 5.05. The highest BCUT2D eigenvalue weighted by molar-refractivity contribution is 5.81. The third kappa shape index (κ3) is 5.48. The molecule has 0 bridgehead atoms. The highest BCUT2D eigenvalue weighted by Gasteiger charge is 2.16. The quantitative estimate of drug-likeness (QED) is 0.621. The maximum absolute atomic E-state index is 12.0. The lowest BCUT2D eigenvalue weighted by atomic mass is 9.89. The van der Waals surface area contributed by atoms with Gasteiger partial charge in [-0.2, -0.15) is 0 Å². The molecule has 92 valence electrons. The van der Waals surface area contributed by atoms with Gasteiger partial charge in [0.2, 0.25) is 0 Å². The van der Waals surface area contributed by atoms with Crippen LogP contribution in [-0.4, -0.2) is 5.78 Å². The fourth-order valence-corrected chi connectivity index (χ4v) is 2.57. The van der Waals surface area contributed by atoms with Crippen LogP contribution < -0.4 is 0 Å². The summed E-state index contributed by atoms with van der Waals surface area (Å²) in [6, 6.07) is 0. The molecule has 0 amide bonds. The van der Waals surface area contributed by atoms with Crippen molar-refractivity contribution in [2.45, 2.75) is 70.6 Å². The minimum absolute atomic E-state index is 0.275. The summed E-state index contributed by atoms with van der Waals surface area (Å²) in [5, 5.41) is 0. The van der Waals surface area contributed by atoms with Gasteiger partial charge in [-0.1, -0.05) is 51.0 Å². The van der Waals surface area contributed by atoms with E-state index in [1.54, 1.807) is 0 Å². The van der Waals surface area contributed by atoms with Crippen molar-refractivity contribution in [1.82, 2.24) is 0 Å². The van der Waals surface area contributed by atoms with Gasteiger partial charge < -0.3 is 0 Å². The second-order valence-corrected chi connectivity index (χ2v) is 5.05. The number of allylic oxidation sites excluding steroid dienone is 1. The molecule has 1 atom stereocenters. The number of Topliss-reactive ketones (excluding diaryl/α,β-unsaturated/α-hetero) is 1. The Morgan fingerprint density at radius 1 is 1.00 bits per heavy atom. The van der Waals surface area contributed by atoms with Gasteiger partial charge in [0.25, 0.3) is 0 Å². The molecule has 1 rings (SSSR count). The van der Waals surface area contributed by atoms with Crippen molar-refractivity contribution in [3.8, 4) is 0 Å². The molecule has 1 saturated carbocycles. The summed E-state index contributed by atoms with van der Waals surface area (Å²) < 4.78 is 0. The number of rotatable bonds is 2. The molecule has 16 heavy (non-hydrogen) atoms. The third-order valence-corrected chi connectivity index (χ3v) is 3.63. The van der Waals surface area contributed by atoms with Gasteiger partial charge in [0.05, 0.1) is 0 Å². The predicted octanol–water partition coefficient (Wildman–Crippen LogP) is 4.66. The summed E-state index contributed by atoms with van der Waals surface area (Å²) in [6.07, 6.45) is 15.0. The summed E-state index contributed by atoms with van der Waals surface area (Å²) in [4.78, 5) is 12.0. The zero-order chi connectivity index (χ0) is 11.6. The Morgan fingerprint density at radius 2 is 1.56 bits per heavy atom. The van der Waals surface area contributed by atoms with E-state index in [9.17, 15) is 4.79 Å².